The van der Waals surface area contributed by atoms with Crippen LogP contribution < -0.4 is 14.2 Å². The molecule has 6 heteroatoms. The molecule has 26 heavy (non-hydrogen) atoms. The summed E-state index contributed by atoms with van der Waals surface area (Å²) in [5, 5.41) is 9.74. The van der Waals surface area contributed by atoms with Crippen molar-refractivity contribution in [2.75, 3.05) is 20.8 Å². The Balaban J connectivity index is 2.40. The van der Waals surface area contributed by atoms with E-state index in [4.69, 9.17) is 25.8 Å². The predicted octanol–water partition coefficient (Wildman–Crippen LogP) is 4.55. The highest BCUT2D eigenvalue weighted by Gasteiger charge is 2.15. The lowest BCUT2D eigenvalue weighted by molar-refractivity contribution is 0.104. The summed E-state index contributed by atoms with van der Waals surface area (Å²) < 4.78 is 15.8. The summed E-state index contributed by atoms with van der Waals surface area (Å²) in [5.41, 5.74) is 0.939. The third-order valence-electron chi connectivity index (χ3n) is 3.57. The molecule has 0 spiro atoms. The smallest absolute Gasteiger partial charge is 0.203 e. The van der Waals surface area contributed by atoms with E-state index in [1.54, 1.807) is 43.5 Å². The third-order valence-corrected chi connectivity index (χ3v) is 3.85. The lowest BCUT2D eigenvalue weighted by Gasteiger charge is -2.12. The van der Waals surface area contributed by atoms with E-state index in [2.05, 4.69) is 0 Å². The maximum absolute atomic E-state index is 12.6. The zero-order valence-corrected chi connectivity index (χ0v) is 15.5. The number of hydrogen-bond donors (Lipinski definition) is 0. The first-order valence-corrected chi connectivity index (χ1v) is 8.22. The Bertz CT molecular complexity index is 867. The van der Waals surface area contributed by atoms with Gasteiger partial charge in [-0.1, -0.05) is 11.6 Å². The average Bonchev–Trinajstić information content (AvgIpc) is 2.67. The molecule has 0 N–H and O–H groups in total. The van der Waals surface area contributed by atoms with E-state index in [1.165, 1.54) is 13.2 Å². The van der Waals surface area contributed by atoms with Gasteiger partial charge in [0.1, 0.15) is 17.4 Å². The number of Topliss-reactive ketones (excluding diaryl/α,β-unsaturated/α-hetero) is 1. The molecular formula is C20H18ClNO4. The molecule has 5 nitrogen and oxygen atoms in total. The second-order valence-electron chi connectivity index (χ2n) is 5.19. The second-order valence-corrected chi connectivity index (χ2v) is 5.60. The first kappa shape index (κ1) is 19.4. The molecule has 2 rings (SSSR count). The predicted molar refractivity (Wildman–Crippen MR) is 100 cm³/mol. The molecule has 0 amide bonds. The number of methoxy groups -OCH3 is 2. The van der Waals surface area contributed by atoms with Gasteiger partial charge in [0.15, 0.2) is 11.5 Å². The summed E-state index contributed by atoms with van der Waals surface area (Å²) in [7, 11) is 3.04. The molecule has 0 atom stereocenters. The summed E-state index contributed by atoms with van der Waals surface area (Å²) in [6.07, 6.45) is 1.47. The Morgan fingerprint density at radius 1 is 1.19 bits per heavy atom. The van der Waals surface area contributed by atoms with Crippen LogP contribution >= 0.6 is 11.6 Å². The fourth-order valence-electron chi connectivity index (χ4n) is 2.32. The van der Waals surface area contributed by atoms with Gasteiger partial charge in [0, 0.05) is 5.56 Å². The summed E-state index contributed by atoms with van der Waals surface area (Å²) in [4.78, 5) is 12.6. The fraction of sp³-hybridized carbons (Fsp3) is 0.200. The number of ketones is 1. The average molecular weight is 372 g/mol. The van der Waals surface area contributed by atoms with Gasteiger partial charge in [-0.3, -0.25) is 4.79 Å². The lowest BCUT2D eigenvalue weighted by Crippen LogP contribution is -2.02. The first-order chi connectivity index (χ1) is 12.5. The van der Waals surface area contributed by atoms with Crippen molar-refractivity contribution < 1.29 is 19.0 Å². The molecule has 0 unspecified atom stereocenters. The van der Waals surface area contributed by atoms with Gasteiger partial charge in [0.25, 0.3) is 0 Å². The van der Waals surface area contributed by atoms with E-state index in [1.807, 2.05) is 13.0 Å². The maximum atomic E-state index is 12.6. The van der Waals surface area contributed by atoms with Crippen molar-refractivity contribution in [1.82, 2.24) is 0 Å². The minimum absolute atomic E-state index is 0.0163. The van der Waals surface area contributed by atoms with Gasteiger partial charge in [-0.15, -0.1) is 0 Å². The number of halogens is 1. The SMILES string of the molecule is CCOc1c(Cl)cc(/C=C(/C#N)C(=O)c2ccc(OC)cc2)cc1OC. The van der Waals surface area contributed by atoms with Crippen molar-refractivity contribution in [2.24, 2.45) is 0 Å². The van der Waals surface area contributed by atoms with Crippen LogP contribution in [0.5, 0.6) is 17.2 Å². The van der Waals surface area contributed by atoms with Crippen LogP contribution in [0.4, 0.5) is 0 Å². The zero-order valence-electron chi connectivity index (χ0n) is 14.7. The molecule has 0 saturated carbocycles. The van der Waals surface area contributed by atoms with Crippen LogP contribution in [0.15, 0.2) is 42.0 Å². The van der Waals surface area contributed by atoms with E-state index < -0.39 is 0 Å². The summed E-state index contributed by atoms with van der Waals surface area (Å²) in [5.74, 6) is 1.10. The molecule has 2 aromatic carbocycles. The molecule has 0 aliphatic heterocycles. The number of carbonyl (C=O) groups excluding carboxylic acids is 1. The molecule has 2 aromatic rings. The molecule has 0 radical (unpaired) electrons. The van der Waals surface area contributed by atoms with Crippen molar-refractivity contribution in [3.8, 4) is 23.3 Å². The van der Waals surface area contributed by atoms with Gasteiger partial charge in [0.05, 0.1) is 25.8 Å². The van der Waals surface area contributed by atoms with Gasteiger partial charge in [-0.25, -0.2) is 0 Å². The molecule has 0 saturated heterocycles. The fourth-order valence-corrected chi connectivity index (χ4v) is 2.59. The van der Waals surface area contributed by atoms with Crippen LogP contribution in [0, 0.1) is 11.3 Å². The van der Waals surface area contributed by atoms with E-state index in [9.17, 15) is 10.1 Å². The van der Waals surface area contributed by atoms with E-state index in [0.717, 1.165) is 0 Å². The van der Waals surface area contributed by atoms with Crippen LogP contribution in [-0.2, 0) is 0 Å². The Hall–Kier alpha value is -2.97. The Morgan fingerprint density at radius 2 is 1.88 bits per heavy atom. The van der Waals surface area contributed by atoms with E-state index in [0.29, 0.717) is 40.0 Å². The van der Waals surface area contributed by atoms with Crippen molar-refractivity contribution in [2.45, 2.75) is 6.92 Å². The van der Waals surface area contributed by atoms with Crippen LogP contribution in [0.1, 0.15) is 22.8 Å². The summed E-state index contributed by atoms with van der Waals surface area (Å²) in [6, 6.07) is 11.8. The van der Waals surface area contributed by atoms with Gasteiger partial charge in [-0.05, 0) is 55.0 Å². The highest BCUT2D eigenvalue weighted by molar-refractivity contribution is 6.32. The van der Waals surface area contributed by atoms with Crippen LogP contribution in [0.2, 0.25) is 5.02 Å². The number of allylic oxidation sites excluding steroid dienone is 1. The number of carbonyl (C=O) groups is 1. The van der Waals surface area contributed by atoms with Gasteiger partial charge in [-0.2, -0.15) is 5.26 Å². The number of nitriles is 1. The second kappa shape index (κ2) is 8.93. The topological polar surface area (TPSA) is 68.5 Å². The number of hydrogen-bond acceptors (Lipinski definition) is 5. The first-order valence-electron chi connectivity index (χ1n) is 7.84. The monoisotopic (exact) mass is 371 g/mol. The van der Waals surface area contributed by atoms with Gasteiger partial charge >= 0.3 is 0 Å². The van der Waals surface area contributed by atoms with Crippen LogP contribution in [0.25, 0.3) is 6.08 Å². The standard InChI is InChI=1S/C20H18ClNO4/c1-4-26-20-17(21)10-13(11-18(20)25-3)9-15(12-22)19(23)14-5-7-16(24-2)8-6-14/h5-11H,4H2,1-3H3/b15-9-. The van der Waals surface area contributed by atoms with E-state index in [-0.39, 0.29) is 11.4 Å². The van der Waals surface area contributed by atoms with Gasteiger partial charge < -0.3 is 14.2 Å². The summed E-state index contributed by atoms with van der Waals surface area (Å²) >= 11 is 6.23. The molecular weight excluding hydrogens is 354 g/mol. The molecule has 0 heterocycles. The Kier molecular flexibility index (Phi) is 6.65. The molecule has 134 valence electrons. The lowest BCUT2D eigenvalue weighted by atomic mass is 10.0. The van der Waals surface area contributed by atoms with Crippen LogP contribution in [0.3, 0.4) is 0 Å². The molecule has 0 fully saturated rings. The zero-order chi connectivity index (χ0) is 19.1. The number of nitrogens with zero attached hydrogens (tertiary/aromatic N) is 1. The third kappa shape index (κ3) is 4.35. The van der Waals surface area contributed by atoms with Crippen molar-refractivity contribution in [3.63, 3.8) is 0 Å². The van der Waals surface area contributed by atoms with E-state index >= 15 is 0 Å². The largest absolute Gasteiger partial charge is 0.497 e. The minimum Gasteiger partial charge on any atom is -0.497 e. The summed E-state index contributed by atoms with van der Waals surface area (Å²) in [6.45, 7) is 2.27. The molecule has 0 aliphatic carbocycles. The molecule has 0 bridgehead atoms. The van der Waals surface area contributed by atoms with Crippen LogP contribution in [-0.4, -0.2) is 26.6 Å². The molecule has 0 aliphatic rings. The van der Waals surface area contributed by atoms with Crippen molar-refractivity contribution in [3.05, 3.63) is 58.1 Å². The number of benzene rings is 2. The van der Waals surface area contributed by atoms with Crippen molar-refractivity contribution in [1.29, 1.82) is 5.26 Å². The minimum atomic E-state index is -0.390. The number of ether oxygens (including phenoxy) is 3. The molecule has 0 aromatic heterocycles. The number of rotatable bonds is 7. The normalized spacial score (nSPS) is 10.8. The maximum Gasteiger partial charge on any atom is 0.203 e. The van der Waals surface area contributed by atoms with Gasteiger partial charge in [0.2, 0.25) is 5.78 Å². The Morgan fingerprint density at radius 3 is 2.42 bits per heavy atom. The quantitative estimate of drug-likeness (QED) is 0.406. The highest BCUT2D eigenvalue weighted by Crippen LogP contribution is 2.37. The van der Waals surface area contributed by atoms with Crippen molar-refractivity contribution >= 4 is 23.5 Å². The Labute approximate surface area is 157 Å². The highest BCUT2D eigenvalue weighted by atomic mass is 35.5.